The van der Waals surface area contributed by atoms with E-state index in [1.165, 1.54) is 41.1 Å². The van der Waals surface area contributed by atoms with Gasteiger partial charge in [0.15, 0.2) is 17.3 Å². The third-order valence-electron chi connectivity index (χ3n) is 7.30. The van der Waals surface area contributed by atoms with Gasteiger partial charge in [-0.1, -0.05) is 12.1 Å². The Labute approximate surface area is 239 Å². The lowest BCUT2D eigenvalue weighted by Gasteiger charge is -2.13. The van der Waals surface area contributed by atoms with E-state index < -0.39 is 23.0 Å². The van der Waals surface area contributed by atoms with Crippen molar-refractivity contribution in [3.8, 4) is 28.3 Å². The number of halogens is 2. The summed E-state index contributed by atoms with van der Waals surface area (Å²) in [6, 6.07) is 17.1. The SMILES string of the molecule is Cc1c(C(=O)Cc2ccc(Oc3cc4cnn(C)c4cc3-c3cccnc3)c(F)c2)c(=O)n(-c2ccc(F)cc2)n1C. The normalized spacial score (nSPS) is 11.3. The molecule has 0 aliphatic carbocycles. The summed E-state index contributed by atoms with van der Waals surface area (Å²) in [6.07, 6.45) is 4.88. The monoisotopic (exact) mass is 565 g/mol. The largest absolute Gasteiger partial charge is 0.454 e. The minimum absolute atomic E-state index is 0.00607. The molecule has 8 nitrogen and oxygen atoms in total. The Hall–Kier alpha value is -5.38. The van der Waals surface area contributed by atoms with Gasteiger partial charge in [0.05, 0.1) is 17.4 Å². The van der Waals surface area contributed by atoms with Gasteiger partial charge in [-0.15, -0.1) is 0 Å². The number of rotatable bonds is 7. The number of hydrogen-bond acceptors (Lipinski definition) is 5. The number of carbonyl (C=O) groups is 1. The fourth-order valence-electron chi connectivity index (χ4n) is 5.04. The lowest BCUT2D eigenvalue weighted by atomic mass is 10.0. The molecule has 0 radical (unpaired) electrons. The molecular formula is C32H25F2N5O3. The van der Waals surface area contributed by atoms with Gasteiger partial charge in [-0.25, -0.2) is 13.5 Å². The lowest BCUT2D eigenvalue weighted by Crippen LogP contribution is -2.23. The Morgan fingerprint density at radius 2 is 1.74 bits per heavy atom. The minimum Gasteiger partial charge on any atom is -0.454 e. The van der Waals surface area contributed by atoms with E-state index in [4.69, 9.17) is 4.74 Å². The second-order valence-electron chi connectivity index (χ2n) is 9.96. The third-order valence-corrected chi connectivity index (χ3v) is 7.30. The molecule has 3 aromatic heterocycles. The van der Waals surface area contributed by atoms with Gasteiger partial charge < -0.3 is 4.74 Å². The second kappa shape index (κ2) is 10.5. The topological polar surface area (TPSA) is 83.9 Å². The first-order valence-electron chi connectivity index (χ1n) is 13.1. The highest BCUT2D eigenvalue weighted by atomic mass is 19.1. The van der Waals surface area contributed by atoms with Crippen LogP contribution in [0.25, 0.3) is 27.7 Å². The van der Waals surface area contributed by atoms with Crippen molar-refractivity contribution in [2.24, 2.45) is 14.1 Å². The number of hydrogen-bond donors (Lipinski definition) is 0. The Morgan fingerprint density at radius 1 is 0.952 bits per heavy atom. The van der Waals surface area contributed by atoms with Gasteiger partial charge >= 0.3 is 0 Å². The average Bonchev–Trinajstić information content (AvgIpc) is 3.45. The zero-order valence-corrected chi connectivity index (χ0v) is 23.0. The van der Waals surface area contributed by atoms with Crippen molar-refractivity contribution in [3.63, 3.8) is 0 Å². The van der Waals surface area contributed by atoms with Gasteiger partial charge in [0.25, 0.3) is 5.56 Å². The van der Waals surface area contributed by atoms with Crippen LogP contribution in [0.3, 0.4) is 0 Å². The van der Waals surface area contributed by atoms with Gasteiger partial charge in [0, 0.05) is 55.1 Å². The van der Waals surface area contributed by atoms with Crippen molar-refractivity contribution in [1.29, 1.82) is 0 Å². The van der Waals surface area contributed by atoms with E-state index in [-0.39, 0.29) is 17.7 Å². The third kappa shape index (κ3) is 4.77. The molecule has 210 valence electrons. The fourth-order valence-corrected chi connectivity index (χ4v) is 5.04. The summed E-state index contributed by atoms with van der Waals surface area (Å²) < 4.78 is 39.4. The van der Waals surface area contributed by atoms with Crippen LogP contribution >= 0.6 is 0 Å². The number of aromatic nitrogens is 5. The molecule has 0 aliphatic rings. The fraction of sp³-hybridized carbons (Fsp3) is 0.125. The molecule has 6 aromatic rings. The van der Waals surface area contributed by atoms with Crippen LogP contribution in [0.15, 0.2) is 90.1 Å². The molecule has 6 rings (SSSR count). The van der Waals surface area contributed by atoms with E-state index in [1.807, 2.05) is 25.2 Å². The first-order valence-corrected chi connectivity index (χ1v) is 13.1. The van der Waals surface area contributed by atoms with Gasteiger partial charge in [-0.05, 0) is 67.1 Å². The summed E-state index contributed by atoms with van der Waals surface area (Å²) in [5.41, 5.74) is 3.12. The second-order valence-corrected chi connectivity index (χ2v) is 9.96. The summed E-state index contributed by atoms with van der Waals surface area (Å²) in [4.78, 5) is 30.7. The number of benzene rings is 3. The number of ether oxygens (including phenoxy) is 1. The summed E-state index contributed by atoms with van der Waals surface area (Å²) in [6.45, 7) is 1.66. The Bertz CT molecular complexity index is 2030. The Morgan fingerprint density at radius 3 is 2.45 bits per heavy atom. The number of carbonyl (C=O) groups excluding carboxylic acids is 1. The highest BCUT2D eigenvalue weighted by Gasteiger charge is 2.23. The first kappa shape index (κ1) is 26.8. The van der Waals surface area contributed by atoms with Gasteiger partial charge in [-0.2, -0.15) is 5.10 Å². The molecule has 0 unspecified atom stereocenters. The Kier molecular flexibility index (Phi) is 6.74. The molecule has 0 saturated heterocycles. The highest BCUT2D eigenvalue weighted by Crippen LogP contribution is 2.37. The number of Topliss-reactive ketones (excluding diaryl/α,β-unsaturated/α-hetero) is 1. The molecule has 0 aliphatic heterocycles. The van der Waals surface area contributed by atoms with E-state index in [2.05, 4.69) is 10.1 Å². The van der Waals surface area contributed by atoms with E-state index in [0.29, 0.717) is 22.7 Å². The van der Waals surface area contributed by atoms with Crippen molar-refractivity contribution < 1.29 is 18.3 Å². The predicted octanol–water partition coefficient (Wildman–Crippen LogP) is 5.93. The van der Waals surface area contributed by atoms with Crippen LogP contribution in [0.4, 0.5) is 8.78 Å². The van der Waals surface area contributed by atoms with Crippen LogP contribution in [-0.4, -0.2) is 29.9 Å². The Balaban J connectivity index is 1.29. The summed E-state index contributed by atoms with van der Waals surface area (Å²) in [5.74, 6) is -1.14. The maximum Gasteiger partial charge on any atom is 0.282 e. The molecule has 42 heavy (non-hydrogen) atoms. The number of pyridine rings is 1. The lowest BCUT2D eigenvalue weighted by molar-refractivity contribution is 0.0991. The van der Waals surface area contributed by atoms with Crippen LogP contribution in [0.2, 0.25) is 0 Å². The number of fused-ring (bicyclic) bond motifs is 1. The maximum absolute atomic E-state index is 15.4. The van der Waals surface area contributed by atoms with Crippen LogP contribution < -0.4 is 10.3 Å². The van der Waals surface area contributed by atoms with Gasteiger partial charge in [-0.3, -0.25) is 23.9 Å². The van der Waals surface area contributed by atoms with E-state index in [1.54, 1.807) is 54.1 Å². The van der Waals surface area contributed by atoms with Crippen LogP contribution in [0, 0.1) is 18.6 Å². The average molecular weight is 566 g/mol. The highest BCUT2D eigenvalue weighted by molar-refractivity contribution is 5.98. The zero-order chi connectivity index (χ0) is 29.5. The number of nitrogens with zero attached hydrogens (tertiary/aromatic N) is 5. The molecule has 0 saturated carbocycles. The van der Waals surface area contributed by atoms with Gasteiger partial charge in [0.2, 0.25) is 0 Å². The summed E-state index contributed by atoms with van der Waals surface area (Å²) in [5, 5.41) is 5.13. The van der Waals surface area contributed by atoms with Crippen LogP contribution in [0.1, 0.15) is 21.6 Å². The van der Waals surface area contributed by atoms with E-state index in [0.717, 1.165) is 22.0 Å². The molecule has 0 amide bonds. The molecule has 0 N–H and O–H groups in total. The summed E-state index contributed by atoms with van der Waals surface area (Å²) >= 11 is 0. The molecule has 10 heteroatoms. The molecule has 3 heterocycles. The predicted molar refractivity (Wildman–Crippen MR) is 154 cm³/mol. The smallest absolute Gasteiger partial charge is 0.282 e. The first-order chi connectivity index (χ1) is 20.2. The molecule has 0 bridgehead atoms. The number of ketones is 1. The van der Waals surface area contributed by atoms with Crippen molar-refractivity contribution in [2.75, 3.05) is 0 Å². The van der Waals surface area contributed by atoms with Crippen LogP contribution in [0.5, 0.6) is 11.5 Å². The molecular weight excluding hydrogens is 540 g/mol. The van der Waals surface area contributed by atoms with Crippen molar-refractivity contribution >= 4 is 16.7 Å². The van der Waals surface area contributed by atoms with Crippen molar-refractivity contribution in [3.05, 3.63) is 124 Å². The maximum atomic E-state index is 15.4. The molecule has 0 fully saturated rings. The molecule has 3 aromatic carbocycles. The molecule has 0 spiro atoms. The van der Waals surface area contributed by atoms with E-state index >= 15 is 4.39 Å². The van der Waals surface area contributed by atoms with E-state index in [9.17, 15) is 14.0 Å². The van der Waals surface area contributed by atoms with Crippen LogP contribution in [-0.2, 0) is 20.5 Å². The number of aryl methyl sites for hydroxylation is 1. The zero-order valence-electron chi connectivity index (χ0n) is 23.0. The van der Waals surface area contributed by atoms with Crippen molar-refractivity contribution in [1.82, 2.24) is 24.1 Å². The quantitative estimate of drug-likeness (QED) is 0.224. The minimum atomic E-state index is -0.655. The van der Waals surface area contributed by atoms with Crippen molar-refractivity contribution in [2.45, 2.75) is 13.3 Å². The van der Waals surface area contributed by atoms with Gasteiger partial charge in [0.1, 0.15) is 17.1 Å². The summed E-state index contributed by atoms with van der Waals surface area (Å²) in [7, 11) is 3.48. The standard InChI is InChI=1S/C32H25F2N5O3/c1-19-31(32(41)39(38(19)3)24-9-7-23(33)8-10-24)28(40)14-20-6-11-29(26(34)13-20)42-30-15-22-18-36-37(2)27(22)16-25(30)21-5-4-12-35-17-21/h4-13,15-18H,14H2,1-3H3. The molecule has 0 atom stereocenters.